The van der Waals surface area contributed by atoms with Crippen molar-refractivity contribution in [1.29, 1.82) is 0 Å². The van der Waals surface area contributed by atoms with E-state index in [0.717, 1.165) is 23.2 Å². The molecule has 3 nitrogen and oxygen atoms in total. The molecule has 0 spiro atoms. The van der Waals surface area contributed by atoms with Crippen LogP contribution in [-0.4, -0.2) is 12.2 Å². The third kappa shape index (κ3) is 4.06. The molecule has 25 heavy (non-hydrogen) atoms. The molecule has 1 aromatic rings. The van der Waals surface area contributed by atoms with E-state index in [9.17, 15) is 5.11 Å². The van der Waals surface area contributed by atoms with E-state index in [1.807, 2.05) is 12.1 Å². The number of aromatic hydroxyl groups is 1. The van der Waals surface area contributed by atoms with Crippen LogP contribution in [0.5, 0.6) is 11.5 Å². The van der Waals surface area contributed by atoms with E-state index in [1.54, 1.807) is 13.2 Å². The summed E-state index contributed by atoms with van der Waals surface area (Å²) < 4.78 is 11.4. The molecule has 0 aliphatic heterocycles. The monoisotopic (exact) mass is 602 g/mol. The summed E-state index contributed by atoms with van der Waals surface area (Å²) in [4.78, 5) is 0. The summed E-state index contributed by atoms with van der Waals surface area (Å²) in [6.45, 7) is 0. The van der Waals surface area contributed by atoms with E-state index in [0.29, 0.717) is 17.6 Å². The molecule has 0 saturated heterocycles. The van der Waals surface area contributed by atoms with Crippen molar-refractivity contribution in [2.24, 2.45) is 23.7 Å². The number of allylic oxidation sites excluding steroid dienone is 1. The highest BCUT2D eigenvalue weighted by molar-refractivity contribution is 14.3. The van der Waals surface area contributed by atoms with Gasteiger partial charge in [-0.3, -0.25) is 0 Å². The number of hydrogen-bond acceptors (Lipinski definition) is 4. The Morgan fingerprint density at radius 3 is 2.28 bits per heavy atom. The van der Waals surface area contributed by atoms with Crippen molar-refractivity contribution in [3.05, 3.63) is 29.3 Å². The zero-order chi connectivity index (χ0) is 17.6. The first kappa shape index (κ1) is 18.9. The highest BCUT2D eigenvalue weighted by Crippen LogP contribution is 2.65. The highest BCUT2D eigenvalue weighted by atomic mass is 127. The number of phenols is 1. The number of phenolic OH excluding ortho intramolecular Hbond substituents is 1. The van der Waals surface area contributed by atoms with Gasteiger partial charge in [0.2, 0.25) is 0 Å². The molecular weight excluding hydrogens is 581 g/mol. The van der Waals surface area contributed by atoms with Crippen molar-refractivity contribution in [1.82, 2.24) is 0 Å². The average molecular weight is 602 g/mol. The van der Waals surface area contributed by atoms with Crippen LogP contribution in [0.25, 0.3) is 5.76 Å². The number of benzene rings is 1. The summed E-state index contributed by atoms with van der Waals surface area (Å²) in [5.41, 5.74) is 2.45. The Morgan fingerprint density at radius 1 is 1.08 bits per heavy atom. The molecule has 5 rings (SSSR count). The average Bonchev–Trinajstić information content (AvgIpc) is 2.55. The largest absolute Gasteiger partial charge is 0.508 e. The lowest BCUT2D eigenvalue weighted by atomic mass is 9.54. The van der Waals surface area contributed by atoms with E-state index in [2.05, 4.69) is 44.1 Å². The van der Waals surface area contributed by atoms with Crippen LogP contribution < -0.4 is 4.18 Å². The normalized spacial score (nSPS) is 30.0. The quantitative estimate of drug-likeness (QED) is 0.166. The lowest BCUT2D eigenvalue weighted by Crippen LogP contribution is -2.40. The van der Waals surface area contributed by atoms with Crippen LogP contribution in [0, 0.1) is 23.7 Å². The Balaban J connectivity index is 1.69. The highest BCUT2D eigenvalue weighted by Gasteiger charge is 2.46. The fraction of sp³-hybridized carbons (Fsp3) is 0.556. The lowest BCUT2D eigenvalue weighted by Gasteiger charge is -2.51. The second kappa shape index (κ2) is 7.92. The molecule has 7 heteroatoms. The van der Waals surface area contributed by atoms with Crippen molar-refractivity contribution in [3.8, 4) is 11.5 Å². The van der Waals surface area contributed by atoms with Crippen molar-refractivity contribution in [3.63, 3.8) is 0 Å². The lowest BCUT2D eigenvalue weighted by molar-refractivity contribution is 0.0675. The first-order chi connectivity index (χ1) is 12.0. The van der Waals surface area contributed by atoms with Gasteiger partial charge in [0.1, 0.15) is 31.3 Å². The van der Waals surface area contributed by atoms with E-state index in [-0.39, 0.29) is 8.16 Å². The molecule has 0 aromatic heterocycles. The van der Waals surface area contributed by atoms with Gasteiger partial charge in [-0.1, -0.05) is 0 Å². The van der Waals surface area contributed by atoms with Gasteiger partial charge in [0.25, 0.3) is 0 Å². The number of ether oxygens (including phenoxy) is 1. The number of rotatable bonds is 5. The second-order valence-corrected chi connectivity index (χ2v) is 24.9. The van der Waals surface area contributed by atoms with Crippen LogP contribution >= 0.6 is 58.2 Å². The first-order valence-electron chi connectivity index (χ1n) is 8.62. The smallest absolute Gasteiger partial charge is 0.142 e. The minimum Gasteiger partial charge on any atom is -0.508 e. The molecule has 0 unspecified atom stereocenters. The Morgan fingerprint density at radius 2 is 1.72 bits per heavy atom. The maximum atomic E-state index is 10.2. The minimum atomic E-state index is -0.273. The predicted molar refractivity (Wildman–Crippen MR) is 122 cm³/mol. The summed E-state index contributed by atoms with van der Waals surface area (Å²) in [5, 5.41) is 10.2. The minimum absolute atomic E-state index is 0.235. The van der Waals surface area contributed by atoms with E-state index >= 15 is 0 Å². The molecule has 136 valence electrons. The molecule has 4 aliphatic rings. The fourth-order valence-electron chi connectivity index (χ4n) is 5.30. The van der Waals surface area contributed by atoms with E-state index in [4.69, 9.17) is 8.92 Å². The SMILES string of the molecule is COC(=C1C2CC3CC(C2)CC1C3)c1cc(O)cc(OSP(I)I)c1. The second-order valence-electron chi connectivity index (χ2n) is 7.37. The number of hydrogen-bond donors (Lipinski definition) is 1. The van der Waals surface area contributed by atoms with Crippen LogP contribution in [0.1, 0.15) is 37.7 Å². The fourth-order valence-corrected chi connectivity index (χ4v) is 7.41. The molecule has 4 saturated carbocycles. The molecule has 0 amide bonds. The third-order valence-corrected chi connectivity index (χ3v) is 9.66. The summed E-state index contributed by atoms with van der Waals surface area (Å²) in [7, 11) is 1.77. The molecule has 0 heterocycles. The molecule has 0 atom stereocenters. The van der Waals surface area contributed by atoms with Crippen molar-refractivity contribution < 1.29 is 14.0 Å². The Kier molecular flexibility index (Phi) is 6.00. The summed E-state index contributed by atoms with van der Waals surface area (Å²) >= 11 is 6.17. The standard InChI is InChI=1S/C18H21I2O3PS/c1-22-18(14-7-15(21)9-16(8-14)23-25-24(19)20)17-12-3-10-2-11(5-12)6-13(17)4-10/h7-13,21H,2-6H2,1H3. The third-order valence-electron chi connectivity index (χ3n) is 5.83. The molecule has 4 aliphatic carbocycles. The van der Waals surface area contributed by atoms with Crippen molar-refractivity contribution >= 4 is 63.9 Å². The maximum Gasteiger partial charge on any atom is 0.142 e. The first-order valence-corrected chi connectivity index (χ1v) is 16.9. The molecule has 0 radical (unpaired) electrons. The summed E-state index contributed by atoms with van der Waals surface area (Å²) in [5.74, 6) is 5.10. The molecule has 1 N–H and O–H groups in total. The van der Waals surface area contributed by atoms with Gasteiger partial charge in [-0.15, -0.1) is 0 Å². The van der Waals surface area contributed by atoms with Crippen LogP contribution in [0.15, 0.2) is 23.8 Å². The van der Waals surface area contributed by atoms with E-state index in [1.165, 1.54) is 49.3 Å². The number of methoxy groups -OCH3 is 1. The van der Waals surface area contributed by atoms with Gasteiger partial charge in [-0.05, 0) is 118 Å². The van der Waals surface area contributed by atoms with Crippen LogP contribution in [-0.2, 0) is 4.74 Å². The van der Waals surface area contributed by atoms with Crippen molar-refractivity contribution in [2.45, 2.75) is 32.1 Å². The van der Waals surface area contributed by atoms with E-state index < -0.39 is 0 Å². The van der Waals surface area contributed by atoms with Gasteiger partial charge in [-0.25, -0.2) is 0 Å². The van der Waals surface area contributed by atoms with Crippen molar-refractivity contribution in [2.75, 3.05) is 7.11 Å². The molecule has 1 aromatic carbocycles. The van der Waals surface area contributed by atoms with Crippen LogP contribution in [0.2, 0.25) is 0 Å². The zero-order valence-corrected chi connectivity index (χ0v) is 20.0. The van der Waals surface area contributed by atoms with Crippen LogP contribution in [0.3, 0.4) is 0 Å². The topological polar surface area (TPSA) is 38.7 Å². The summed E-state index contributed by atoms with van der Waals surface area (Å²) in [6.07, 6.45) is 6.73. The molecule has 4 fully saturated rings. The van der Waals surface area contributed by atoms with Gasteiger partial charge in [0.15, 0.2) is 0 Å². The number of halogens is 2. The van der Waals surface area contributed by atoms with Gasteiger partial charge in [-0.2, -0.15) is 0 Å². The Bertz CT molecular complexity index is 665. The van der Waals surface area contributed by atoms with Gasteiger partial charge in [0, 0.05) is 11.6 Å². The molecule has 4 bridgehead atoms. The predicted octanol–water partition coefficient (Wildman–Crippen LogP) is 7.33. The van der Waals surface area contributed by atoms with Gasteiger partial charge < -0.3 is 14.0 Å². The Labute approximate surface area is 180 Å². The van der Waals surface area contributed by atoms with Gasteiger partial charge >= 0.3 is 0 Å². The maximum absolute atomic E-state index is 10.2. The molecular formula is C18H21I2O3PS. The van der Waals surface area contributed by atoms with Gasteiger partial charge in [0.05, 0.1) is 7.11 Å². The van der Waals surface area contributed by atoms with Crippen LogP contribution in [0.4, 0.5) is 0 Å². The Hall–Kier alpha value is 0.600. The zero-order valence-electron chi connectivity index (χ0n) is 14.0. The summed E-state index contributed by atoms with van der Waals surface area (Å²) in [6, 6.07) is 5.50.